The van der Waals surface area contributed by atoms with Crippen LogP contribution in [0.5, 0.6) is 0 Å². The van der Waals surface area contributed by atoms with Crippen molar-refractivity contribution < 1.29 is 9.90 Å². The standard InChI is InChI=1S/C12H13N3O2/c1-3-10-13-11(15(2)14-10)8-5-4-6-9(7-8)12(16)17/h4-7H,3H2,1-2H3,(H,16,17). The third-order valence-electron chi connectivity index (χ3n) is 2.49. The molecule has 17 heavy (non-hydrogen) atoms. The Kier molecular flexibility index (Phi) is 2.91. The lowest BCUT2D eigenvalue weighted by atomic mass is 10.1. The fraction of sp³-hybridized carbons (Fsp3) is 0.250. The highest BCUT2D eigenvalue weighted by Gasteiger charge is 2.10. The summed E-state index contributed by atoms with van der Waals surface area (Å²) < 4.78 is 1.67. The Hall–Kier alpha value is -2.17. The number of rotatable bonds is 3. The molecule has 0 saturated carbocycles. The van der Waals surface area contributed by atoms with Crippen molar-refractivity contribution in [2.45, 2.75) is 13.3 Å². The molecule has 88 valence electrons. The lowest BCUT2D eigenvalue weighted by Crippen LogP contribution is -1.98. The Balaban J connectivity index is 2.48. The van der Waals surface area contributed by atoms with Crippen LogP contribution in [0.1, 0.15) is 23.1 Å². The van der Waals surface area contributed by atoms with E-state index in [0.29, 0.717) is 5.82 Å². The van der Waals surface area contributed by atoms with Gasteiger partial charge in [0.25, 0.3) is 0 Å². The zero-order valence-corrected chi connectivity index (χ0v) is 9.71. The Labute approximate surface area is 98.7 Å². The van der Waals surface area contributed by atoms with Crippen molar-refractivity contribution in [1.29, 1.82) is 0 Å². The summed E-state index contributed by atoms with van der Waals surface area (Å²) in [7, 11) is 1.80. The number of hydrogen-bond donors (Lipinski definition) is 1. The van der Waals surface area contributed by atoms with E-state index < -0.39 is 5.97 Å². The van der Waals surface area contributed by atoms with E-state index in [4.69, 9.17) is 5.11 Å². The summed E-state index contributed by atoms with van der Waals surface area (Å²) in [6.45, 7) is 1.98. The van der Waals surface area contributed by atoms with Gasteiger partial charge in [0.15, 0.2) is 11.6 Å². The van der Waals surface area contributed by atoms with E-state index in [1.165, 1.54) is 0 Å². The van der Waals surface area contributed by atoms with Crippen molar-refractivity contribution in [2.75, 3.05) is 0 Å². The molecule has 0 fully saturated rings. The molecule has 1 N–H and O–H groups in total. The highest BCUT2D eigenvalue weighted by atomic mass is 16.4. The SMILES string of the molecule is CCc1nc(-c2cccc(C(=O)O)c2)n(C)n1. The van der Waals surface area contributed by atoms with Gasteiger partial charge in [0.05, 0.1) is 5.56 Å². The summed E-state index contributed by atoms with van der Waals surface area (Å²) >= 11 is 0. The largest absolute Gasteiger partial charge is 0.478 e. The molecule has 1 heterocycles. The van der Waals surface area contributed by atoms with Gasteiger partial charge in [-0.25, -0.2) is 14.5 Å². The van der Waals surface area contributed by atoms with Crippen LogP contribution in [-0.4, -0.2) is 25.8 Å². The second-order valence-corrected chi connectivity index (χ2v) is 3.71. The van der Waals surface area contributed by atoms with E-state index in [0.717, 1.165) is 17.8 Å². The number of aromatic nitrogens is 3. The molecule has 0 atom stereocenters. The molecule has 1 aromatic carbocycles. The van der Waals surface area contributed by atoms with E-state index in [1.54, 1.807) is 29.9 Å². The molecule has 5 nitrogen and oxygen atoms in total. The van der Waals surface area contributed by atoms with E-state index >= 15 is 0 Å². The molecule has 0 saturated heterocycles. The molecule has 2 rings (SSSR count). The van der Waals surface area contributed by atoms with Gasteiger partial charge < -0.3 is 5.11 Å². The average Bonchev–Trinajstić information content (AvgIpc) is 2.71. The van der Waals surface area contributed by atoms with Crippen LogP contribution in [0.25, 0.3) is 11.4 Å². The first-order valence-corrected chi connectivity index (χ1v) is 5.35. The highest BCUT2D eigenvalue weighted by Crippen LogP contribution is 2.18. The Bertz CT molecular complexity index is 561. The first kappa shape index (κ1) is 11.3. The Morgan fingerprint density at radius 2 is 2.24 bits per heavy atom. The number of hydrogen-bond acceptors (Lipinski definition) is 3. The molecule has 2 aromatic rings. The van der Waals surface area contributed by atoms with Gasteiger partial charge in [-0.15, -0.1) is 0 Å². The molecule has 0 aliphatic carbocycles. The summed E-state index contributed by atoms with van der Waals surface area (Å²) in [5.41, 5.74) is 1.02. The number of carboxylic acids is 1. The predicted molar refractivity (Wildman–Crippen MR) is 62.8 cm³/mol. The van der Waals surface area contributed by atoms with Crippen LogP contribution in [-0.2, 0) is 13.5 Å². The number of carboxylic acid groups (broad SMARTS) is 1. The lowest BCUT2D eigenvalue weighted by Gasteiger charge is -2.01. The quantitative estimate of drug-likeness (QED) is 0.873. The lowest BCUT2D eigenvalue weighted by molar-refractivity contribution is 0.0697. The summed E-state index contributed by atoms with van der Waals surface area (Å²) in [5, 5.41) is 13.2. The Morgan fingerprint density at radius 1 is 1.47 bits per heavy atom. The van der Waals surface area contributed by atoms with E-state index in [1.807, 2.05) is 13.0 Å². The summed E-state index contributed by atoms with van der Waals surface area (Å²) in [6.07, 6.45) is 0.756. The topological polar surface area (TPSA) is 68.0 Å². The monoisotopic (exact) mass is 231 g/mol. The van der Waals surface area contributed by atoms with E-state index in [2.05, 4.69) is 10.1 Å². The maximum Gasteiger partial charge on any atom is 0.335 e. The molecule has 5 heteroatoms. The molecule has 0 aliphatic heterocycles. The van der Waals surface area contributed by atoms with Gasteiger partial charge >= 0.3 is 5.97 Å². The van der Waals surface area contributed by atoms with Crippen LogP contribution < -0.4 is 0 Å². The minimum absolute atomic E-state index is 0.253. The fourth-order valence-electron chi connectivity index (χ4n) is 1.63. The second kappa shape index (κ2) is 4.37. The van der Waals surface area contributed by atoms with Gasteiger partial charge in [-0.05, 0) is 12.1 Å². The zero-order chi connectivity index (χ0) is 12.4. The second-order valence-electron chi connectivity index (χ2n) is 3.71. The summed E-state index contributed by atoms with van der Waals surface area (Å²) in [6, 6.07) is 6.70. The molecule has 0 radical (unpaired) electrons. The zero-order valence-electron chi connectivity index (χ0n) is 9.71. The fourth-order valence-corrected chi connectivity index (χ4v) is 1.63. The molecule has 1 aromatic heterocycles. The first-order chi connectivity index (χ1) is 8.11. The van der Waals surface area contributed by atoms with Crippen molar-refractivity contribution in [3.8, 4) is 11.4 Å². The highest BCUT2D eigenvalue weighted by molar-refractivity contribution is 5.89. The molecular formula is C12H13N3O2. The van der Waals surface area contributed by atoms with E-state index in [-0.39, 0.29) is 5.56 Å². The number of aryl methyl sites for hydroxylation is 2. The van der Waals surface area contributed by atoms with Crippen LogP contribution in [0.4, 0.5) is 0 Å². The molecule has 0 aliphatic rings. The third-order valence-corrected chi connectivity index (χ3v) is 2.49. The van der Waals surface area contributed by atoms with Crippen molar-refractivity contribution in [1.82, 2.24) is 14.8 Å². The molecule has 0 amide bonds. The van der Waals surface area contributed by atoms with Crippen molar-refractivity contribution >= 4 is 5.97 Å². The van der Waals surface area contributed by atoms with Crippen LogP contribution >= 0.6 is 0 Å². The van der Waals surface area contributed by atoms with Crippen LogP contribution in [0.2, 0.25) is 0 Å². The molecule has 0 spiro atoms. The van der Waals surface area contributed by atoms with Crippen LogP contribution in [0.3, 0.4) is 0 Å². The van der Waals surface area contributed by atoms with Crippen LogP contribution in [0, 0.1) is 0 Å². The maximum absolute atomic E-state index is 10.9. The van der Waals surface area contributed by atoms with Gasteiger partial charge in [0.2, 0.25) is 0 Å². The van der Waals surface area contributed by atoms with Crippen LogP contribution in [0.15, 0.2) is 24.3 Å². The van der Waals surface area contributed by atoms with Crippen molar-refractivity contribution in [2.24, 2.45) is 7.05 Å². The third kappa shape index (κ3) is 2.18. The minimum Gasteiger partial charge on any atom is -0.478 e. The number of carbonyl (C=O) groups is 1. The maximum atomic E-state index is 10.9. The summed E-state index contributed by atoms with van der Waals surface area (Å²) in [5.74, 6) is 0.498. The number of benzene rings is 1. The Morgan fingerprint density at radius 3 is 2.82 bits per heavy atom. The molecule has 0 unspecified atom stereocenters. The molecular weight excluding hydrogens is 218 g/mol. The minimum atomic E-state index is -0.940. The summed E-state index contributed by atoms with van der Waals surface area (Å²) in [4.78, 5) is 15.2. The molecule has 0 bridgehead atoms. The van der Waals surface area contributed by atoms with Gasteiger partial charge in [0.1, 0.15) is 0 Å². The van der Waals surface area contributed by atoms with E-state index in [9.17, 15) is 4.79 Å². The van der Waals surface area contributed by atoms with Gasteiger partial charge in [-0.3, -0.25) is 0 Å². The van der Waals surface area contributed by atoms with Gasteiger partial charge in [-0.1, -0.05) is 19.1 Å². The van der Waals surface area contributed by atoms with Gasteiger partial charge in [-0.2, -0.15) is 5.10 Å². The van der Waals surface area contributed by atoms with Gasteiger partial charge in [0, 0.05) is 19.0 Å². The van der Waals surface area contributed by atoms with Crippen molar-refractivity contribution in [3.63, 3.8) is 0 Å². The number of aromatic carboxylic acids is 1. The normalized spacial score (nSPS) is 10.5. The average molecular weight is 231 g/mol. The first-order valence-electron chi connectivity index (χ1n) is 5.35. The van der Waals surface area contributed by atoms with Crippen molar-refractivity contribution in [3.05, 3.63) is 35.7 Å². The smallest absolute Gasteiger partial charge is 0.335 e. The number of nitrogens with zero attached hydrogens (tertiary/aromatic N) is 3. The predicted octanol–water partition coefficient (Wildman–Crippen LogP) is 1.74.